The Labute approximate surface area is 209 Å². The van der Waals surface area contributed by atoms with Crippen molar-refractivity contribution < 1.29 is 14.3 Å². The summed E-state index contributed by atoms with van der Waals surface area (Å²) in [4.78, 5) is 28.3. The molecule has 0 spiro atoms. The van der Waals surface area contributed by atoms with Crippen LogP contribution in [-0.2, 0) is 20.7 Å². The molecular weight excluding hydrogens is 464 g/mol. The molecule has 1 saturated heterocycles. The molecule has 0 saturated carbocycles. The van der Waals surface area contributed by atoms with Gasteiger partial charge >= 0.3 is 6.15 Å². The van der Waals surface area contributed by atoms with Crippen molar-refractivity contribution in [3.05, 3.63) is 59.8 Å². The number of ether oxygens (including phenoxy) is 1. The summed E-state index contributed by atoms with van der Waals surface area (Å²) < 4.78 is 5.51. The third kappa shape index (κ3) is 6.83. The largest absolute Gasteiger partial charge is 0.397 e. The lowest BCUT2D eigenvalue weighted by Crippen LogP contribution is -2.37. The molecule has 182 valence electrons. The monoisotopic (exact) mass is 492 g/mol. The van der Waals surface area contributed by atoms with Gasteiger partial charge in [-0.2, -0.15) is 9.59 Å². The number of thiocarbonyl (C=S) groups is 1. The van der Waals surface area contributed by atoms with E-state index >= 15 is 0 Å². The molecule has 4 rings (SSSR count). The third-order valence-corrected chi connectivity index (χ3v) is 5.68. The van der Waals surface area contributed by atoms with Crippen molar-refractivity contribution in [3.63, 3.8) is 0 Å². The van der Waals surface area contributed by atoms with Crippen molar-refractivity contribution in [2.75, 3.05) is 47.6 Å². The Balaban J connectivity index is 0.00000108. The lowest BCUT2D eigenvalue weighted by molar-refractivity contribution is -0.191. The molecule has 1 aliphatic rings. The second-order valence-corrected chi connectivity index (χ2v) is 8.13. The van der Waals surface area contributed by atoms with Gasteiger partial charge in [0.15, 0.2) is 10.9 Å². The molecule has 3 aromatic rings. The second kappa shape index (κ2) is 12.6. The number of nitrogens with two attached hydrogens (primary N) is 1. The minimum atomic E-state index is 0.250. The Bertz CT molecular complexity index is 1190. The summed E-state index contributed by atoms with van der Waals surface area (Å²) in [6.45, 7) is 7.38. The SMILES string of the molecule is CCc1nc(-c2ccc(NC(=S)Nc3ccccc3N)cc2)nc(N2CCOCC2)c1C.O=C=O. The number of para-hydroxylation sites is 2. The van der Waals surface area contributed by atoms with Crippen LogP contribution >= 0.6 is 12.2 Å². The van der Waals surface area contributed by atoms with Gasteiger partial charge in [-0.15, -0.1) is 0 Å². The number of rotatable bonds is 5. The molecule has 1 fully saturated rings. The van der Waals surface area contributed by atoms with E-state index in [0.717, 1.165) is 72.6 Å². The molecule has 9 nitrogen and oxygen atoms in total. The Kier molecular flexibility index (Phi) is 9.25. The first kappa shape index (κ1) is 25.8. The average molecular weight is 493 g/mol. The van der Waals surface area contributed by atoms with Crippen molar-refractivity contribution in [1.82, 2.24) is 9.97 Å². The standard InChI is InChI=1S/C24H28N6OS.CO2/c1-3-20-16(2)23(30-12-14-31-15-13-30)29-22(27-20)17-8-10-18(11-9-17)26-24(32)28-21-7-5-4-6-19(21)25;2-1-3/h4-11H,3,12-15,25H2,1-2H3,(H2,26,28,32);. The fourth-order valence-corrected chi connectivity index (χ4v) is 3.93. The van der Waals surface area contributed by atoms with Gasteiger partial charge in [0, 0.05) is 35.6 Å². The van der Waals surface area contributed by atoms with Crippen LogP contribution in [0.4, 0.5) is 22.9 Å². The molecule has 0 bridgehead atoms. The van der Waals surface area contributed by atoms with Crippen molar-refractivity contribution in [1.29, 1.82) is 0 Å². The summed E-state index contributed by atoms with van der Waals surface area (Å²) >= 11 is 5.42. The van der Waals surface area contributed by atoms with Crippen LogP contribution in [0.3, 0.4) is 0 Å². The summed E-state index contributed by atoms with van der Waals surface area (Å²) in [5.41, 5.74) is 11.4. The number of hydrogen-bond donors (Lipinski definition) is 3. The number of carbonyl (C=O) groups excluding carboxylic acids is 2. The molecule has 1 aliphatic heterocycles. The lowest BCUT2D eigenvalue weighted by atomic mass is 10.1. The van der Waals surface area contributed by atoms with E-state index in [4.69, 9.17) is 42.2 Å². The zero-order chi connectivity index (χ0) is 25.2. The molecule has 1 aromatic heterocycles. The number of nitrogens with one attached hydrogen (secondary N) is 2. The topological polar surface area (TPSA) is 122 Å². The van der Waals surface area contributed by atoms with Gasteiger partial charge in [-0.25, -0.2) is 9.97 Å². The van der Waals surface area contributed by atoms with Gasteiger partial charge in [-0.3, -0.25) is 0 Å². The summed E-state index contributed by atoms with van der Waals surface area (Å²) in [5, 5.41) is 6.79. The fraction of sp³-hybridized carbons (Fsp3) is 0.280. The van der Waals surface area contributed by atoms with E-state index in [-0.39, 0.29) is 6.15 Å². The van der Waals surface area contributed by atoms with E-state index in [9.17, 15) is 0 Å². The molecule has 35 heavy (non-hydrogen) atoms. The number of anilines is 4. The van der Waals surface area contributed by atoms with Crippen LogP contribution in [0.5, 0.6) is 0 Å². The van der Waals surface area contributed by atoms with Gasteiger partial charge in [0.25, 0.3) is 0 Å². The van der Waals surface area contributed by atoms with Crippen LogP contribution < -0.4 is 21.3 Å². The smallest absolute Gasteiger partial charge is 0.373 e. The van der Waals surface area contributed by atoms with Crippen molar-refractivity contribution >= 4 is 46.4 Å². The molecule has 0 atom stereocenters. The van der Waals surface area contributed by atoms with Gasteiger partial charge < -0.3 is 26.0 Å². The summed E-state index contributed by atoms with van der Waals surface area (Å²) in [5.74, 6) is 1.74. The number of aromatic nitrogens is 2. The summed E-state index contributed by atoms with van der Waals surface area (Å²) in [6, 6.07) is 15.5. The van der Waals surface area contributed by atoms with Crippen LogP contribution in [0, 0.1) is 6.92 Å². The maximum Gasteiger partial charge on any atom is 0.373 e. The van der Waals surface area contributed by atoms with Gasteiger partial charge in [0.1, 0.15) is 5.82 Å². The molecule has 10 heteroatoms. The maximum atomic E-state index is 8.12. The van der Waals surface area contributed by atoms with E-state index in [2.05, 4.69) is 29.4 Å². The van der Waals surface area contributed by atoms with E-state index in [1.165, 1.54) is 0 Å². The predicted molar refractivity (Wildman–Crippen MR) is 140 cm³/mol. The number of benzene rings is 2. The number of aryl methyl sites for hydroxylation is 1. The Morgan fingerprint density at radius 1 is 1.09 bits per heavy atom. The van der Waals surface area contributed by atoms with Crippen molar-refractivity contribution in [2.24, 2.45) is 0 Å². The number of morpholine rings is 1. The molecule has 0 unspecified atom stereocenters. The zero-order valence-electron chi connectivity index (χ0n) is 19.7. The van der Waals surface area contributed by atoms with Crippen LogP contribution in [-0.4, -0.2) is 47.5 Å². The van der Waals surface area contributed by atoms with Crippen molar-refractivity contribution in [2.45, 2.75) is 20.3 Å². The van der Waals surface area contributed by atoms with E-state index in [1.807, 2.05) is 48.5 Å². The first-order valence-corrected chi connectivity index (χ1v) is 11.6. The van der Waals surface area contributed by atoms with Crippen LogP contribution in [0.25, 0.3) is 11.4 Å². The summed E-state index contributed by atoms with van der Waals surface area (Å²) in [7, 11) is 0. The number of hydrogen-bond acceptors (Lipinski definition) is 8. The van der Waals surface area contributed by atoms with Crippen LogP contribution in [0.15, 0.2) is 48.5 Å². The van der Waals surface area contributed by atoms with E-state index in [0.29, 0.717) is 10.8 Å². The molecular formula is C25H28N6O3S. The predicted octanol–water partition coefficient (Wildman–Crippen LogP) is 3.66. The van der Waals surface area contributed by atoms with Gasteiger partial charge in [0.2, 0.25) is 0 Å². The quantitative estimate of drug-likeness (QED) is 0.359. The fourth-order valence-electron chi connectivity index (χ4n) is 3.70. The molecule has 4 N–H and O–H groups in total. The highest BCUT2D eigenvalue weighted by Gasteiger charge is 2.19. The molecule has 0 aliphatic carbocycles. The highest BCUT2D eigenvalue weighted by atomic mass is 32.1. The maximum absolute atomic E-state index is 8.12. The zero-order valence-corrected chi connectivity index (χ0v) is 20.5. The van der Waals surface area contributed by atoms with Crippen LogP contribution in [0.2, 0.25) is 0 Å². The minimum Gasteiger partial charge on any atom is -0.397 e. The average Bonchev–Trinajstić information content (AvgIpc) is 2.87. The third-order valence-electron chi connectivity index (χ3n) is 5.48. The molecule has 2 heterocycles. The number of nitrogens with zero attached hydrogens (tertiary/aromatic N) is 3. The molecule has 0 amide bonds. The highest BCUT2D eigenvalue weighted by molar-refractivity contribution is 7.80. The second-order valence-electron chi connectivity index (χ2n) is 7.72. The number of nitrogen functional groups attached to an aromatic ring is 1. The van der Waals surface area contributed by atoms with Crippen molar-refractivity contribution in [3.8, 4) is 11.4 Å². The van der Waals surface area contributed by atoms with Crippen LogP contribution in [0.1, 0.15) is 18.2 Å². The van der Waals surface area contributed by atoms with Gasteiger partial charge in [0.05, 0.1) is 24.6 Å². The minimum absolute atomic E-state index is 0.250. The normalized spacial score (nSPS) is 12.7. The van der Waals surface area contributed by atoms with E-state index < -0.39 is 0 Å². The highest BCUT2D eigenvalue weighted by Crippen LogP contribution is 2.27. The summed E-state index contributed by atoms with van der Waals surface area (Å²) in [6.07, 6.45) is 1.11. The van der Waals surface area contributed by atoms with Gasteiger partial charge in [-0.05, 0) is 62.0 Å². The Morgan fingerprint density at radius 2 is 1.74 bits per heavy atom. The Morgan fingerprint density at radius 3 is 2.37 bits per heavy atom. The van der Waals surface area contributed by atoms with E-state index in [1.54, 1.807) is 0 Å². The first-order valence-electron chi connectivity index (χ1n) is 11.2. The Hall–Kier alpha value is -3.85. The van der Waals surface area contributed by atoms with Gasteiger partial charge in [-0.1, -0.05) is 19.1 Å². The molecule has 2 aromatic carbocycles. The lowest BCUT2D eigenvalue weighted by Gasteiger charge is -2.29. The molecule has 0 radical (unpaired) electrons. The first-order chi connectivity index (χ1) is 17.0.